The molecule has 3 unspecified atom stereocenters. The van der Waals surface area contributed by atoms with Crippen molar-refractivity contribution in [3.63, 3.8) is 0 Å². The van der Waals surface area contributed by atoms with Crippen molar-refractivity contribution in [3.05, 3.63) is 0 Å². The van der Waals surface area contributed by atoms with E-state index in [2.05, 4.69) is 5.32 Å². The molecule has 0 aromatic rings. The number of nitrogens with one attached hydrogen (secondary N) is 1. The molecule has 2 heterocycles. The molecule has 0 saturated carbocycles. The smallest absolute Gasteiger partial charge is 0.306 e. The number of hydrogen-bond acceptors (Lipinski definition) is 4. The second kappa shape index (κ2) is 4.08. The molecule has 0 spiro atoms. The third-order valence-electron chi connectivity index (χ3n) is 3.16. The van der Waals surface area contributed by atoms with Gasteiger partial charge in [0.15, 0.2) is 5.79 Å². The Morgan fingerprint density at radius 1 is 1.67 bits per heavy atom. The van der Waals surface area contributed by atoms with Gasteiger partial charge in [-0.3, -0.25) is 4.79 Å². The highest BCUT2D eigenvalue weighted by Crippen LogP contribution is 2.34. The van der Waals surface area contributed by atoms with E-state index in [0.29, 0.717) is 12.5 Å². The second-order valence-electron chi connectivity index (χ2n) is 4.35. The van der Waals surface area contributed by atoms with Crippen LogP contribution in [-0.2, 0) is 14.3 Å². The van der Waals surface area contributed by atoms with Gasteiger partial charge in [-0.1, -0.05) is 0 Å². The van der Waals surface area contributed by atoms with Gasteiger partial charge in [-0.2, -0.15) is 0 Å². The first-order valence-electron chi connectivity index (χ1n) is 5.34. The molecule has 2 rings (SSSR count). The molecule has 86 valence electrons. The van der Waals surface area contributed by atoms with Crippen LogP contribution in [0.2, 0.25) is 0 Å². The number of ether oxygens (including phenoxy) is 2. The number of rotatable bonds is 3. The highest BCUT2D eigenvalue weighted by Gasteiger charge is 2.45. The maximum atomic E-state index is 10.5. The van der Waals surface area contributed by atoms with Gasteiger partial charge >= 0.3 is 5.97 Å². The van der Waals surface area contributed by atoms with Crippen LogP contribution in [0.25, 0.3) is 0 Å². The van der Waals surface area contributed by atoms with Crippen LogP contribution in [-0.4, -0.2) is 42.7 Å². The minimum Gasteiger partial charge on any atom is -0.481 e. The van der Waals surface area contributed by atoms with E-state index in [4.69, 9.17) is 14.6 Å². The summed E-state index contributed by atoms with van der Waals surface area (Å²) in [5.74, 6) is -1.10. The van der Waals surface area contributed by atoms with Gasteiger partial charge in [-0.15, -0.1) is 0 Å². The van der Waals surface area contributed by atoms with E-state index in [1.807, 2.05) is 6.92 Å². The molecule has 0 aromatic heterocycles. The van der Waals surface area contributed by atoms with Crippen molar-refractivity contribution in [2.24, 2.45) is 5.92 Å². The zero-order chi connectivity index (χ0) is 10.9. The number of aliphatic carboxylic acids is 1. The Balaban J connectivity index is 1.91. The lowest BCUT2D eigenvalue weighted by Crippen LogP contribution is -2.38. The summed E-state index contributed by atoms with van der Waals surface area (Å²) in [4.78, 5) is 10.5. The average Bonchev–Trinajstić information content (AvgIpc) is 2.74. The van der Waals surface area contributed by atoms with E-state index in [-0.39, 0.29) is 12.5 Å². The normalized spacial score (nSPS) is 40.9. The fraction of sp³-hybridized carbons (Fsp3) is 0.900. The Bertz CT molecular complexity index is 252. The third kappa shape index (κ3) is 2.30. The molecule has 2 N–H and O–H groups in total. The van der Waals surface area contributed by atoms with Gasteiger partial charge in [0, 0.05) is 12.5 Å². The number of carboxylic acid groups (broad SMARTS) is 1. The molecule has 2 aliphatic rings. The Morgan fingerprint density at radius 2 is 2.47 bits per heavy atom. The Labute approximate surface area is 88.7 Å². The van der Waals surface area contributed by atoms with E-state index >= 15 is 0 Å². The summed E-state index contributed by atoms with van der Waals surface area (Å²) in [6.07, 6.45) is 0.750. The minimum atomic E-state index is -0.836. The van der Waals surface area contributed by atoms with Crippen molar-refractivity contribution < 1.29 is 19.4 Å². The Hall–Kier alpha value is -0.650. The molecule has 5 nitrogen and oxygen atoms in total. The van der Waals surface area contributed by atoms with Crippen molar-refractivity contribution >= 4 is 5.97 Å². The monoisotopic (exact) mass is 215 g/mol. The van der Waals surface area contributed by atoms with Gasteiger partial charge in [0.2, 0.25) is 0 Å². The van der Waals surface area contributed by atoms with Crippen molar-refractivity contribution in [2.45, 2.75) is 31.7 Å². The Morgan fingerprint density at radius 3 is 3.07 bits per heavy atom. The first kappa shape index (κ1) is 10.9. The molecule has 0 radical (unpaired) electrons. The highest BCUT2D eigenvalue weighted by molar-refractivity contribution is 5.67. The lowest BCUT2D eigenvalue weighted by atomic mass is 9.99. The quantitative estimate of drug-likeness (QED) is 0.704. The summed E-state index contributed by atoms with van der Waals surface area (Å²) in [6.45, 7) is 4.17. The lowest BCUT2D eigenvalue weighted by Gasteiger charge is -2.29. The lowest BCUT2D eigenvalue weighted by molar-refractivity contribution is -0.188. The van der Waals surface area contributed by atoms with Crippen LogP contribution in [0.4, 0.5) is 0 Å². The predicted molar refractivity (Wildman–Crippen MR) is 52.5 cm³/mol. The van der Waals surface area contributed by atoms with Crippen LogP contribution in [0.1, 0.15) is 19.8 Å². The fourth-order valence-electron chi connectivity index (χ4n) is 2.27. The van der Waals surface area contributed by atoms with E-state index in [1.165, 1.54) is 0 Å². The fourth-order valence-corrected chi connectivity index (χ4v) is 2.27. The van der Waals surface area contributed by atoms with Crippen molar-refractivity contribution in [3.8, 4) is 0 Å². The van der Waals surface area contributed by atoms with Crippen LogP contribution in [0.3, 0.4) is 0 Å². The molecule has 2 fully saturated rings. The third-order valence-corrected chi connectivity index (χ3v) is 3.16. The molecule has 5 heteroatoms. The number of carbonyl (C=O) groups is 1. The topological polar surface area (TPSA) is 67.8 Å². The zero-order valence-corrected chi connectivity index (χ0v) is 8.86. The number of carboxylic acids is 1. The minimum absolute atomic E-state index is 0.0236. The summed E-state index contributed by atoms with van der Waals surface area (Å²) < 4.78 is 11.3. The van der Waals surface area contributed by atoms with Gasteiger partial charge in [0.05, 0.1) is 19.1 Å². The van der Waals surface area contributed by atoms with E-state index in [1.54, 1.807) is 0 Å². The van der Waals surface area contributed by atoms with Crippen LogP contribution in [0, 0.1) is 5.92 Å². The molecule has 2 aliphatic heterocycles. The summed E-state index contributed by atoms with van der Waals surface area (Å²) in [5.41, 5.74) is 0. The summed E-state index contributed by atoms with van der Waals surface area (Å²) in [5, 5.41) is 11.9. The molecule has 0 amide bonds. The summed E-state index contributed by atoms with van der Waals surface area (Å²) in [6, 6.07) is 0. The van der Waals surface area contributed by atoms with Gasteiger partial charge in [-0.25, -0.2) is 0 Å². The molecule has 0 aliphatic carbocycles. The average molecular weight is 215 g/mol. The second-order valence-corrected chi connectivity index (χ2v) is 4.35. The molecule has 15 heavy (non-hydrogen) atoms. The van der Waals surface area contributed by atoms with Crippen LogP contribution >= 0.6 is 0 Å². The summed E-state index contributed by atoms with van der Waals surface area (Å²) >= 11 is 0. The largest absolute Gasteiger partial charge is 0.481 e. The molecular weight excluding hydrogens is 198 g/mol. The standard InChI is InChI=1S/C10H17NO4/c1-10(7-2-3-11-5-7)14-6-8(15-10)4-9(12)13/h7-8,11H,2-6H2,1H3,(H,12,13). The Kier molecular flexibility index (Phi) is 2.95. The van der Waals surface area contributed by atoms with Crippen molar-refractivity contribution in [1.82, 2.24) is 5.32 Å². The van der Waals surface area contributed by atoms with Crippen molar-refractivity contribution in [2.75, 3.05) is 19.7 Å². The molecule has 2 saturated heterocycles. The van der Waals surface area contributed by atoms with Gasteiger partial charge in [0.1, 0.15) is 0 Å². The maximum Gasteiger partial charge on any atom is 0.306 e. The van der Waals surface area contributed by atoms with Crippen LogP contribution in [0.15, 0.2) is 0 Å². The maximum absolute atomic E-state index is 10.5. The van der Waals surface area contributed by atoms with E-state index in [9.17, 15) is 4.79 Å². The first-order valence-corrected chi connectivity index (χ1v) is 5.34. The van der Waals surface area contributed by atoms with E-state index < -0.39 is 11.8 Å². The van der Waals surface area contributed by atoms with Crippen LogP contribution < -0.4 is 5.32 Å². The van der Waals surface area contributed by atoms with Crippen LogP contribution in [0.5, 0.6) is 0 Å². The van der Waals surface area contributed by atoms with Gasteiger partial charge in [0.25, 0.3) is 0 Å². The predicted octanol–water partition coefficient (Wildman–Crippen LogP) is 0.202. The highest BCUT2D eigenvalue weighted by atomic mass is 16.7. The first-order chi connectivity index (χ1) is 7.10. The van der Waals surface area contributed by atoms with E-state index in [0.717, 1.165) is 19.5 Å². The number of hydrogen-bond donors (Lipinski definition) is 2. The van der Waals surface area contributed by atoms with Gasteiger partial charge in [-0.05, 0) is 19.9 Å². The molecular formula is C10H17NO4. The zero-order valence-electron chi connectivity index (χ0n) is 8.86. The van der Waals surface area contributed by atoms with Gasteiger partial charge < -0.3 is 19.9 Å². The molecule has 3 atom stereocenters. The SMILES string of the molecule is CC1(C2CCNC2)OCC(CC(=O)O)O1. The van der Waals surface area contributed by atoms with Crippen molar-refractivity contribution in [1.29, 1.82) is 0 Å². The molecule has 0 aromatic carbocycles. The molecule has 0 bridgehead atoms. The summed E-state index contributed by atoms with van der Waals surface area (Å²) in [7, 11) is 0.